The highest BCUT2D eigenvalue weighted by atomic mass is 16.5. The van der Waals surface area contributed by atoms with Gasteiger partial charge in [0.1, 0.15) is 0 Å². The smallest absolute Gasteiger partial charge is 0.0590 e. The molecule has 0 fully saturated rings. The lowest BCUT2D eigenvalue weighted by atomic mass is 10.4. The lowest BCUT2D eigenvalue weighted by Crippen LogP contribution is -2.24. The minimum absolute atomic E-state index is 0.808. The maximum atomic E-state index is 5.40. The average molecular weight is 203 g/mol. The van der Waals surface area contributed by atoms with Crippen LogP contribution in [0.4, 0.5) is 0 Å². The predicted octanol–water partition coefficient (Wildman–Crippen LogP) is 1.82. The largest absolute Gasteiger partial charge is 0.380 e. The van der Waals surface area contributed by atoms with E-state index in [1.165, 1.54) is 12.8 Å². The molecule has 0 aliphatic carbocycles. The van der Waals surface area contributed by atoms with E-state index in [1.807, 2.05) is 0 Å². The van der Waals surface area contributed by atoms with Crippen LogP contribution in [0.2, 0.25) is 0 Å². The molecule has 0 heterocycles. The van der Waals surface area contributed by atoms with Crippen LogP contribution in [0.3, 0.4) is 0 Å². The molecule has 0 radical (unpaired) electrons. The summed E-state index contributed by atoms with van der Waals surface area (Å²) in [6.07, 6.45) is 3.47. The molecule has 0 bridgehead atoms. The van der Waals surface area contributed by atoms with Gasteiger partial charge in [0.15, 0.2) is 0 Å². The van der Waals surface area contributed by atoms with Crippen LogP contribution >= 0.6 is 0 Å². The summed E-state index contributed by atoms with van der Waals surface area (Å²) < 4.78 is 10.7. The Labute approximate surface area is 88.2 Å². The van der Waals surface area contributed by atoms with Gasteiger partial charge in [-0.15, -0.1) is 0 Å². The molecule has 0 aromatic rings. The lowest BCUT2D eigenvalue weighted by molar-refractivity contribution is 0.120. The van der Waals surface area contributed by atoms with Gasteiger partial charge in [0.25, 0.3) is 0 Å². The summed E-state index contributed by atoms with van der Waals surface area (Å²) in [5.74, 6) is 0. The highest BCUT2D eigenvalue weighted by molar-refractivity contribution is 4.45. The zero-order chi connectivity index (χ0) is 10.5. The van der Waals surface area contributed by atoms with Gasteiger partial charge in [-0.25, -0.2) is 0 Å². The fourth-order valence-electron chi connectivity index (χ4n) is 1.01. The van der Waals surface area contributed by atoms with Crippen molar-refractivity contribution in [2.24, 2.45) is 0 Å². The van der Waals surface area contributed by atoms with Gasteiger partial charge < -0.3 is 14.8 Å². The standard InChI is InChI=1S/C11H25NO2/c1-3-5-9-14-11-7-12-6-10-13-8-4-2/h12H,3-11H2,1-2H3. The van der Waals surface area contributed by atoms with Crippen molar-refractivity contribution in [1.29, 1.82) is 0 Å². The fourth-order valence-corrected chi connectivity index (χ4v) is 1.01. The van der Waals surface area contributed by atoms with E-state index < -0.39 is 0 Å². The molecule has 86 valence electrons. The number of unbranched alkanes of at least 4 members (excludes halogenated alkanes) is 1. The van der Waals surface area contributed by atoms with Crippen molar-refractivity contribution in [1.82, 2.24) is 5.32 Å². The summed E-state index contributed by atoms with van der Waals surface area (Å²) in [4.78, 5) is 0. The molecule has 0 aliphatic heterocycles. The van der Waals surface area contributed by atoms with E-state index >= 15 is 0 Å². The lowest BCUT2D eigenvalue weighted by Gasteiger charge is -2.06. The average Bonchev–Trinajstić information content (AvgIpc) is 2.21. The summed E-state index contributed by atoms with van der Waals surface area (Å²) in [6.45, 7) is 9.54. The van der Waals surface area contributed by atoms with Gasteiger partial charge in [-0.1, -0.05) is 20.3 Å². The highest BCUT2D eigenvalue weighted by Gasteiger charge is 1.89. The Hall–Kier alpha value is -0.120. The second kappa shape index (κ2) is 12.9. The Morgan fingerprint density at radius 2 is 1.43 bits per heavy atom. The van der Waals surface area contributed by atoms with Gasteiger partial charge in [0, 0.05) is 26.3 Å². The number of ether oxygens (including phenoxy) is 2. The maximum Gasteiger partial charge on any atom is 0.0590 e. The molecule has 3 heteroatoms. The first-order valence-corrected chi connectivity index (χ1v) is 5.78. The Balaban J connectivity index is 2.78. The van der Waals surface area contributed by atoms with Crippen LogP contribution in [0.25, 0.3) is 0 Å². The van der Waals surface area contributed by atoms with Crippen LogP contribution in [0, 0.1) is 0 Å². The second-order valence-electron chi connectivity index (χ2n) is 3.33. The second-order valence-corrected chi connectivity index (χ2v) is 3.33. The Morgan fingerprint density at radius 1 is 0.786 bits per heavy atom. The number of hydrogen-bond acceptors (Lipinski definition) is 3. The summed E-state index contributed by atoms with van der Waals surface area (Å²) >= 11 is 0. The van der Waals surface area contributed by atoms with Crippen LogP contribution in [0.1, 0.15) is 33.1 Å². The van der Waals surface area contributed by atoms with E-state index in [0.29, 0.717) is 0 Å². The summed E-state index contributed by atoms with van der Waals surface area (Å²) in [5.41, 5.74) is 0. The van der Waals surface area contributed by atoms with Crippen molar-refractivity contribution in [2.75, 3.05) is 39.5 Å². The summed E-state index contributed by atoms with van der Waals surface area (Å²) in [5, 5.41) is 3.27. The molecular formula is C11H25NO2. The third-order valence-corrected chi connectivity index (χ3v) is 1.84. The van der Waals surface area contributed by atoms with Gasteiger partial charge in [-0.2, -0.15) is 0 Å². The van der Waals surface area contributed by atoms with Crippen molar-refractivity contribution < 1.29 is 9.47 Å². The molecular weight excluding hydrogens is 178 g/mol. The van der Waals surface area contributed by atoms with E-state index in [1.54, 1.807) is 0 Å². The monoisotopic (exact) mass is 203 g/mol. The topological polar surface area (TPSA) is 30.5 Å². The molecule has 3 nitrogen and oxygen atoms in total. The Bertz CT molecular complexity index is 87.3. The zero-order valence-corrected chi connectivity index (χ0v) is 9.68. The van der Waals surface area contributed by atoms with Crippen LogP contribution < -0.4 is 5.32 Å². The third-order valence-electron chi connectivity index (χ3n) is 1.84. The molecule has 0 aromatic carbocycles. The van der Waals surface area contributed by atoms with Gasteiger partial charge in [-0.3, -0.25) is 0 Å². The molecule has 0 unspecified atom stereocenters. The van der Waals surface area contributed by atoms with Crippen molar-refractivity contribution in [3.05, 3.63) is 0 Å². The van der Waals surface area contributed by atoms with Gasteiger partial charge >= 0.3 is 0 Å². The molecule has 0 aromatic heterocycles. The number of nitrogens with one attached hydrogen (secondary N) is 1. The Morgan fingerprint density at radius 3 is 2.00 bits per heavy atom. The van der Waals surface area contributed by atoms with Crippen LogP contribution in [-0.4, -0.2) is 39.5 Å². The van der Waals surface area contributed by atoms with E-state index in [2.05, 4.69) is 19.2 Å². The molecule has 0 saturated heterocycles. The van der Waals surface area contributed by atoms with Gasteiger partial charge in [0.05, 0.1) is 13.2 Å². The summed E-state index contributed by atoms with van der Waals surface area (Å²) in [7, 11) is 0. The van der Waals surface area contributed by atoms with Gasteiger partial charge in [0.2, 0.25) is 0 Å². The zero-order valence-electron chi connectivity index (χ0n) is 9.68. The maximum absolute atomic E-state index is 5.40. The van der Waals surface area contributed by atoms with E-state index in [9.17, 15) is 0 Å². The highest BCUT2D eigenvalue weighted by Crippen LogP contribution is 1.86. The van der Waals surface area contributed by atoms with Crippen molar-refractivity contribution in [3.63, 3.8) is 0 Å². The predicted molar refractivity (Wildman–Crippen MR) is 59.7 cm³/mol. The molecule has 0 atom stereocenters. The van der Waals surface area contributed by atoms with E-state index in [0.717, 1.165) is 45.9 Å². The first kappa shape index (κ1) is 13.9. The molecule has 0 aliphatic rings. The molecule has 0 rings (SSSR count). The van der Waals surface area contributed by atoms with Crippen molar-refractivity contribution in [3.8, 4) is 0 Å². The molecule has 14 heavy (non-hydrogen) atoms. The normalized spacial score (nSPS) is 10.7. The third kappa shape index (κ3) is 11.9. The molecule has 1 N–H and O–H groups in total. The molecule has 0 spiro atoms. The minimum atomic E-state index is 0.808. The Kier molecular flexibility index (Phi) is 12.8. The van der Waals surface area contributed by atoms with Crippen LogP contribution in [-0.2, 0) is 9.47 Å². The fraction of sp³-hybridized carbons (Fsp3) is 1.00. The number of rotatable bonds is 11. The van der Waals surface area contributed by atoms with E-state index in [4.69, 9.17) is 9.47 Å². The van der Waals surface area contributed by atoms with Gasteiger partial charge in [-0.05, 0) is 12.8 Å². The SMILES string of the molecule is CCCCOCCNCCOCCC. The quantitative estimate of drug-likeness (QED) is 0.520. The molecule has 0 amide bonds. The van der Waals surface area contributed by atoms with Crippen molar-refractivity contribution in [2.45, 2.75) is 33.1 Å². The number of hydrogen-bond donors (Lipinski definition) is 1. The van der Waals surface area contributed by atoms with Crippen LogP contribution in [0.5, 0.6) is 0 Å². The molecule has 0 saturated carbocycles. The van der Waals surface area contributed by atoms with Crippen molar-refractivity contribution >= 4 is 0 Å². The minimum Gasteiger partial charge on any atom is -0.380 e. The first-order chi connectivity index (χ1) is 6.91. The van der Waals surface area contributed by atoms with E-state index in [-0.39, 0.29) is 0 Å². The van der Waals surface area contributed by atoms with Crippen LogP contribution in [0.15, 0.2) is 0 Å². The first-order valence-electron chi connectivity index (χ1n) is 5.78. The summed E-state index contributed by atoms with van der Waals surface area (Å²) in [6, 6.07) is 0.